The summed E-state index contributed by atoms with van der Waals surface area (Å²) in [5.41, 5.74) is -1.71. The maximum absolute atomic E-state index is 15.0. The standard InChI is InChI=1S/C18H18FNO2S/c19-18(16(21)10-4-8-15-9-5-13-23-15)11-12-20(17(18)22)14-6-2-1-3-7-14/h1-3,5-7,9,13H,4,8,10-12H2/t18-/m0/s1. The van der Waals surface area contributed by atoms with Gasteiger partial charge in [0.05, 0.1) is 0 Å². The second-order valence-corrected chi connectivity index (χ2v) is 6.73. The molecule has 2 heterocycles. The minimum Gasteiger partial charge on any atom is -0.309 e. The number of amides is 1. The molecule has 0 saturated carbocycles. The van der Waals surface area contributed by atoms with E-state index in [1.807, 2.05) is 23.6 Å². The molecule has 1 saturated heterocycles. The third kappa shape index (κ3) is 3.20. The molecular weight excluding hydrogens is 313 g/mol. The summed E-state index contributed by atoms with van der Waals surface area (Å²) in [6, 6.07) is 12.9. The molecule has 1 aromatic carbocycles. The van der Waals surface area contributed by atoms with Crippen LogP contribution in [-0.2, 0) is 16.0 Å². The lowest BCUT2D eigenvalue weighted by Crippen LogP contribution is -2.43. The summed E-state index contributed by atoms with van der Waals surface area (Å²) in [7, 11) is 0. The highest BCUT2D eigenvalue weighted by Crippen LogP contribution is 2.33. The van der Waals surface area contributed by atoms with E-state index >= 15 is 0 Å². The number of alkyl halides is 1. The van der Waals surface area contributed by atoms with Gasteiger partial charge >= 0.3 is 0 Å². The molecule has 0 radical (unpaired) electrons. The van der Waals surface area contributed by atoms with Crippen LogP contribution in [0.1, 0.15) is 24.1 Å². The van der Waals surface area contributed by atoms with Crippen molar-refractivity contribution in [2.75, 3.05) is 11.4 Å². The summed E-state index contributed by atoms with van der Waals surface area (Å²) in [5, 5.41) is 1.98. The van der Waals surface area contributed by atoms with Gasteiger partial charge in [0.25, 0.3) is 5.91 Å². The fraction of sp³-hybridized carbons (Fsp3) is 0.333. The quantitative estimate of drug-likeness (QED) is 0.755. The molecule has 3 nitrogen and oxygen atoms in total. The van der Waals surface area contributed by atoms with Crippen LogP contribution in [0.2, 0.25) is 0 Å². The third-order valence-corrected chi connectivity index (χ3v) is 5.12. The molecule has 5 heteroatoms. The normalized spacial score (nSPS) is 20.9. The van der Waals surface area contributed by atoms with E-state index in [1.165, 1.54) is 9.78 Å². The SMILES string of the molecule is O=C(CCCc1cccs1)[C@@]1(F)CCN(c2ccccc2)C1=O. The first-order valence-corrected chi connectivity index (χ1v) is 8.61. The molecule has 1 aliphatic rings. The fourth-order valence-electron chi connectivity index (χ4n) is 2.88. The Morgan fingerprint density at radius 1 is 1.22 bits per heavy atom. The molecule has 0 N–H and O–H groups in total. The van der Waals surface area contributed by atoms with E-state index in [-0.39, 0.29) is 19.4 Å². The number of para-hydroxylation sites is 1. The Hall–Kier alpha value is -2.01. The van der Waals surface area contributed by atoms with Crippen LogP contribution < -0.4 is 4.90 Å². The molecule has 1 amide bonds. The van der Waals surface area contributed by atoms with Crippen LogP contribution in [0.15, 0.2) is 47.8 Å². The number of hydrogen-bond donors (Lipinski definition) is 0. The monoisotopic (exact) mass is 331 g/mol. The molecule has 0 unspecified atom stereocenters. The van der Waals surface area contributed by atoms with Crippen molar-refractivity contribution < 1.29 is 14.0 Å². The zero-order valence-corrected chi connectivity index (χ0v) is 13.5. The molecule has 0 bridgehead atoms. The van der Waals surface area contributed by atoms with Gasteiger partial charge in [0.1, 0.15) is 0 Å². The molecule has 0 aliphatic carbocycles. The van der Waals surface area contributed by atoms with Gasteiger partial charge < -0.3 is 4.90 Å². The van der Waals surface area contributed by atoms with Gasteiger partial charge in [-0.15, -0.1) is 11.3 Å². The number of nitrogens with zero attached hydrogens (tertiary/aromatic N) is 1. The minimum absolute atomic E-state index is 0.0570. The number of thiophene rings is 1. The minimum atomic E-state index is -2.36. The Bertz CT molecular complexity index is 686. The number of halogens is 1. The molecule has 3 rings (SSSR count). The van der Waals surface area contributed by atoms with Gasteiger partial charge in [-0.05, 0) is 36.4 Å². The van der Waals surface area contributed by atoms with E-state index < -0.39 is 17.4 Å². The topological polar surface area (TPSA) is 37.4 Å². The highest BCUT2D eigenvalue weighted by molar-refractivity contribution is 7.09. The smallest absolute Gasteiger partial charge is 0.272 e. The first-order valence-electron chi connectivity index (χ1n) is 7.73. The van der Waals surface area contributed by atoms with E-state index in [0.29, 0.717) is 12.1 Å². The number of Topliss-reactive ketones (excluding diaryl/α,β-unsaturated/α-hetero) is 1. The summed E-state index contributed by atoms with van der Waals surface area (Å²) in [6.45, 7) is 0.246. The van der Waals surface area contributed by atoms with Crippen molar-refractivity contribution in [3.05, 3.63) is 52.7 Å². The number of rotatable bonds is 6. The molecule has 1 atom stereocenters. The molecule has 2 aromatic rings. The summed E-state index contributed by atoms with van der Waals surface area (Å²) in [4.78, 5) is 27.2. The van der Waals surface area contributed by atoms with E-state index in [0.717, 1.165) is 6.42 Å². The third-order valence-electron chi connectivity index (χ3n) is 4.18. The average molecular weight is 331 g/mol. The Morgan fingerprint density at radius 3 is 2.70 bits per heavy atom. The molecule has 1 aromatic heterocycles. The number of aryl methyl sites for hydroxylation is 1. The van der Waals surface area contributed by atoms with Crippen LogP contribution in [0.25, 0.3) is 0 Å². The van der Waals surface area contributed by atoms with Crippen LogP contribution in [0.3, 0.4) is 0 Å². The van der Waals surface area contributed by atoms with Gasteiger partial charge in [-0.2, -0.15) is 0 Å². The predicted molar refractivity (Wildman–Crippen MR) is 89.5 cm³/mol. The van der Waals surface area contributed by atoms with Crippen molar-refractivity contribution in [1.29, 1.82) is 0 Å². The predicted octanol–water partition coefficient (Wildman–Crippen LogP) is 3.79. The number of benzene rings is 1. The first-order chi connectivity index (χ1) is 11.1. The lowest BCUT2D eigenvalue weighted by molar-refractivity contribution is -0.140. The van der Waals surface area contributed by atoms with Gasteiger partial charge in [-0.3, -0.25) is 9.59 Å². The molecule has 1 aliphatic heterocycles. The summed E-state index contributed by atoms with van der Waals surface area (Å²) in [6.07, 6.45) is 1.36. The highest BCUT2D eigenvalue weighted by Gasteiger charge is 2.52. The number of carbonyl (C=O) groups is 2. The van der Waals surface area contributed by atoms with E-state index in [2.05, 4.69) is 0 Å². The molecule has 23 heavy (non-hydrogen) atoms. The Kier molecular flexibility index (Phi) is 4.57. The van der Waals surface area contributed by atoms with Gasteiger partial charge in [0, 0.05) is 30.0 Å². The number of carbonyl (C=O) groups excluding carboxylic acids is 2. The second kappa shape index (κ2) is 6.62. The van der Waals surface area contributed by atoms with Crippen LogP contribution in [0.5, 0.6) is 0 Å². The van der Waals surface area contributed by atoms with Gasteiger partial charge in [0.15, 0.2) is 5.78 Å². The summed E-state index contributed by atoms with van der Waals surface area (Å²) < 4.78 is 15.0. The number of ketones is 1. The Balaban J connectivity index is 1.62. The van der Waals surface area contributed by atoms with Crippen LogP contribution >= 0.6 is 11.3 Å². The molecular formula is C18H18FNO2S. The highest BCUT2D eigenvalue weighted by atomic mass is 32.1. The van der Waals surface area contributed by atoms with Crippen molar-refractivity contribution in [1.82, 2.24) is 0 Å². The van der Waals surface area contributed by atoms with E-state index in [1.54, 1.807) is 35.6 Å². The van der Waals surface area contributed by atoms with Gasteiger partial charge in [0.2, 0.25) is 5.67 Å². The molecule has 1 fully saturated rings. The van der Waals surface area contributed by atoms with Crippen molar-refractivity contribution in [2.45, 2.75) is 31.4 Å². The maximum Gasteiger partial charge on any atom is 0.272 e. The second-order valence-electron chi connectivity index (χ2n) is 5.70. The van der Waals surface area contributed by atoms with Gasteiger partial charge in [-0.1, -0.05) is 24.3 Å². The maximum atomic E-state index is 15.0. The van der Waals surface area contributed by atoms with E-state index in [4.69, 9.17) is 0 Å². The van der Waals surface area contributed by atoms with Crippen molar-refractivity contribution in [3.8, 4) is 0 Å². The first kappa shape index (κ1) is 15.9. The van der Waals surface area contributed by atoms with Crippen LogP contribution in [-0.4, -0.2) is 23.9 Å². The number of hydrogen-bond acceptors (Lipinski definition) is 3. The summed E-state index contributed by atoms with van der Waals surface area (Å²) in [5.74, 6) is -1.30. The van der Waals surface area contributed by atoms with Gasteiger partial charge in [-0.25, -0.2) is 4.39 Å². The largest absolute Gasteiger partial charge is 0.309 e. The summed E-state index contributed by atoms with van der Waals surface area (Å²) >= 11 is 1.62. The van der Waals surface area contributed by atoms with Crippen molar-refractivity contribution >= 4 is 28.7 Å². The number of anilines is 1. The average Bonchev–Trinajstić information content (AvgIpc) is 3.18. The van der Waals surface area contributed by atoms with Crippen molar-refractivity contribution in [3.63, 3.8) is 0 Å². The fourth-order valence-corrected chi connectivity index (χ4v) is 3.63. The van der Waals surface area contributed by atoms with Crippen LogP contribution in [0.4, 0.5) is 10.1 Å². The Labute approximate surface area is 138 Å². The lowest BCUT2D eigenvalue weighted by atomic mass is 9.94. The van der Waals surface area contributed by atoms with E-state index in [9.17, 15) is 14.0 Å². The lowest BCUT2D eigenvalue weighted by Gasteiger charge is -2.19. The zero-order valence-electron chi connectivity index (χ0n) is 12.7. The van der Waals surface area contributed by atoms with Crippen LogP contribution in [0, 0.1) is 0 Å². The zero-order chi connectivity index (χ0) is 16.3. The Morgan fingerprint density at radius 2 is 2.00 bits per heavy atom. The van der Waals surface area contributed by atoms with Crippen molar-refractivity contribution in [2.24, 2.45) is 0 Å². The molecule has 0 spiro atoms. The molecule has 120 valence electrons.